The molecule has 0 amide bonds. The number of benzene rings is 2. The maximum absolute atomic E-state index is 6.22. The highest BCUT2D eigenvalue weighted by Crippen LogP contribution is 2.49. The average Bonchev–Trinajstić information content (AvgIpc) is 2.94. The van der Waals surface area contributed by atoms with Crippen LogP contribution in [0.15, 0.2) is 54.6 Å². The van der Waals surface area contributed by atoms with Crippen LogP contribution in [0.25, 0.3) is 10.1 Å². The molecule has 0 saturated heterocycles. The predicted octanol–water partition coefficient (Wildman–Crippen LogP) is 3.71. The number of fused-ring (bicyclic) bond motifs is 3. The lowest BCUT2D eigenvalue weighted by Gasteiger charge is -2.24. The number of nitrogens with zero attached hydrogens (tertiary/aromatic N) is 1. The lowest BCUT2D eigenvalue weighted by Crippen LogP contribution is -2.40. The van der Waals surface area contributed by atoms with E-state index >= 15 is 0 Å². The molecule has 0 bridgehead atoms. The molecule has 0 fully saturated rings. The third kappa shape index (κ3) is 1.54. The third-order valence-electron chi connectivity index (χ3n) is 3.40. The summed E-state index contributed by atoms with van der Waals surface area (Å²) in [6, 6.07) is 18.7. The molecule has 1 aliphatic rings. The van der Waals surface area contributed by atoms with Gasteiger partial charge in [0.2, 0.25) is 0 Å². The van der Waals surface area contributed by atoms with Crippen molar-refractivity contribution in [1.82, 2.24) is 0 Å². The van der Waals surface area contributed by atoms with Gasteiger partial charge in [-0.25, -0.2) is 0 Å². The van der Waals surface area contributed by atoms with Crippen molar-refractivity contribution in [2.75, 3.05) is 10.2 Å². The van der Waals surface area contributed by atoms with E-state index in [1.165, 1.54) is 15.8 Å². The van der Waals surface area contributed by atoms with Crippen molar-refractivity contribution < 1.29 is 0 Å². The monoisotopic (exact) mass is 267 g/mol. The van der Waals surface area contributed by atoms with E-state index in [1.807, 2.05) is 18.2 Å². The molecule has 4 rings (SSSR count). The van der Waals surface area contributed by atoms with Crippen molar-refractivity contribution >= 4 is 37.8 Å². The molecule has 1 aromatic heterocycles. The normalized spacial score (nSPS) is 17.5. The number of anilines is 3. The zero-order valence-electron chi connectivity index (χ0n) is 10.2. The van der Waals surface area contributed by atoms with Gasteiger partial charge in [0.05, 0.1) is 5.69 Å². The Labute approximate surface area is 115 Å². The summed E-state index contributed by atoms with van der Waals surface area (Å²) in [6.07, 6.45) is -0.201. The van der Waals surface area contributed by atoms with Crippen LogP contribution in [-0.2, 0) is 0 Å². The van der Waals surface area contributed by atoms with Crippen LogP contribution in [0.4, 0.5) is 16.4 Å². The van der Waals surface area contributed by atoms with Gasteiger partial charge in [-0.3, -0.25) is 5.73 Å². The molecule has 4 heteroatoms. The fourth-order valence-corrected chi connectivity index (χ4v) is 3.71. The van der Waals surface area contributed by atoms with E-state index in [0.717, 1.165) is 10.7 Å². The number of rotatable bonds is 1. The van der Waals surface area contributed by atoms with Crippen LogP contribution in [0.2, 0.25) is 0 Å². The first kappa shape index (κ1) is 10.8. The standard InChI is InChI=1S/C15H13N3S/c16-15-17-14-13(11-8-4-5-9-12(11)19-14)18(15)10-6-2-1-3-7-10/h1-9,15,17H,16H2. The molecule has 0 saturated carbocycles. The number of hydrogen-bond donors (Lipinski definition) is 2. The summed E-state index contributed by atoms with van der Waals surface area (Å²) in [7, 11) is 0. The molecule has 0 radical (unpaired) electrons. The fraction of sp³-hybridized carbons (Fsp3) is 0.0667. The van der Waals surface area contributed by atoms with Gasteiger partial charge in [-0.2, -0.15) is 0 Å². The first-order chi connectivity index (χ1) is 9.34. The van der Waals surface area contributed by atoms with Gasteiger partial charge in [0.1, 0.15) is 5.00 Å². The molecule has 2 heterocycles. The zero-order valence-corrected chi connectivity index (χ0v) is 11.0. The predicted molar refractivity (Wildman–Crippen MR) is 82.0 cm³/mol. The maximum Gasteiger partial charge on any atom is 0.158 e. The Bertz CT molecular complexity index is 735. The summed E-state index contributed by atoms with van der Waals surface area (Å²) in [4.78, 5) is 2.16. The second-order valence-electron chi connectivity index (χ2n) is 4.57. The van der Waals surface area contributed by atoms with Crippen LogP contribution in [0.3, 0.4) is 0 Å². The summed E-state index contributed by atoms with van der Waals surface area (Å²) < 4.78 is 1.29. The number of thiophene rings is 1. The van der Waals surface area contributed by atoms with Crippen molar-refractivity contribution in [3.8, 4) is 0 Å². The quantitative estimate of drug-likeness (QED) is 0.706. The van der Waals surface area contributed by atoms with E-state index in [-0.39, 0.29) is 6.29 Å². The first-order valence-electron chi connectivity index (χ1n) is 6.22. The number of para-hydroxylation sites is 1. The summed E-state index contributed by atoms with van der Waals surface area (Å²) >= 11 is 1.76. The smallest absolute Gasteiger partial charge is 0.158 e. The van der Waals surface area contributed by atoms with Crippen molar-refractivity contribution in [2.24, 2.45) is 5.73 Å². The summed E-state index contributed by atoms with van der Waals surface area (Å²) in [5.74, 6) is 0. The molecule has 2 aromatic carbocycles. The van der Waals surface area contributed by atoms with Crippen molar-refractivity contribution in [2.45, 2.75) is 6.29 Å². The Hall–Kier alpha value is -2.04. The number of nitrogens with one attached hydrogen (secondary N) is 1. The lowest BCUT2D eigenvalue weighted by molar-refractivity contribution is 0.804. The minimum absolute atomic E-state index is 0.201. The zero-order chi connectivity index (χ0) is 12.8. The van der Waals surface area contributed by atoms with Crippen LogP contribution < -0.4 is 16.0 Å². The average molecular weight is 267 g/mol. The topological polar surface area (TPSA) is 41.3 Å². The Morgan fingerprint density at radius 3 is 2.58 bits per heavy atom. The summed E-state index contributed by atoms with van der Waals surface area (Å²) in [5, 5.41) is 5.76. The Morgan fingerprint density at radius 2 is 1.74 bits per heavy atom. The van der Waals surface area contributed by atoms with Crippen LogP contribution in [0.1, 0.15) is 0 Å². The van der Waals surface area contributed by atoms with Crippen LogP contribution in [-0.4, -0.2) is 6.29 Å². The molecule has 0 spiro atoms. The second-order valence-corrected chi connectivity index (χ2v) is 5.62. The van der Waals surface area contributed by atoms with Gasteiger partial charge in [0.15, 0.2) is 6.29 Å². The molecule has 19 heavy (non-hydrogen) atoms. The summed E-state index contributed by atoms with van der Waals surface area (Å²) in [6.45, 7) is 0. The Balaban J connectivity index is 1.96. The van der Waals surface area contributed by atoms with Crippen molar-refractivity contribution in [3.63, 3.8) is 0 Å². The number of hydrogen-bond acceptors (Lipinski definition) is 4. The first-order valence-corrected chi connectivity index (χ1v) is 7.04. The van der Waals surface area contributed by atoms with Gasteiger partial charge in [-0.1, -0.05) is 36.4 Å². The molecule has 3 nitrogen and oxygen atoms in total. The van der Waals surface area contributed by atoms with E-state index in [2.05, 4.69) is 46.6 Å². The molecule has 94 valence electrons. The van der Waals surface area contributed by atoms with Crippen LogP contribution in [0, 0.1) is 0 Å². The minimum Gasteiger partial charge on any atom is -0.343 e. The molecule has 3 N–H and O–H groups in total. The van der Waals surface area contributed by atoms with Gasteiger partial charge in [0.25, 0.3) is 0 Å². The molecule has 0 aliphatic carbocycles. The second kappa shape index (κ2) is 3.98. The van der Waals surface area contributed by atoms with E-state index in [9.17, 15) is 0 Å². The lowest BCUT2D eigenvalue weighted by atomic mass is 10.2. The molecule has 1 atom stereocenters. The van der Waals surface area contributed by atoms with E-state index in [1.54, 1.807) is 11.3 Å². The van der Waals surface area contributed by atoms with E-state index in [0.29, 0.717) is 0 Å². The van der Waals surface area contributed by atoms with Gasteiger partial charge in [-0.15, -0.1) is 11.3 Å². The highest BCUT2D eigenvalue weighted by Gasteiger charge is 2.30. The molecular formula is C15H13N3S. The number of nitrogens with two attached hydrogens (primary N) is 1. The van der Waals surface area contributed by atoms with Crippen molar-refractivity contribution in [3.05, 3.63) is 54.6 Å². The Kier molecular flexibility index (Phi) is 2.27. The fourth-order valence-electron chi connectivity index (χ4n) is 2.59. The van der Waals surface area contributed by atoms with Crippen LogP contribution >= 0.6 is 11.3 Å². The van der Waals surface area contributed by atoms with Gasteiger partial charge in [0, 0.05) is 15.8 Å². The summed E-state index contributed by atoms with van der Waals surface area (Å²) in [5.41, 5.74) is 8.53. The maximum atomic E-state index is 6.22. The largest absolute Gasteiger partial charge is 0.343 e. The van der Waals surface area contributed by atoms with Crippen LogP contribution in [0.5, 0.6) is 0 Å². The van der Waals surface area contributed by atoms with E-state index in [4.69, 9.17) is 5.73 Å². The minimum atomic E-state index is -0.201. The SMILES string of the molecule is NC1Nc2sc3ccccc3c2N1c1ccccc1. The third-order valence-corrected chi connectivity index (χ3v) is 4.49. The van der Waals surface area contributed by atoms with Gasteiger partial charge in [-0.05, 0) is 18.2 Å². The highest BCUT2D eigenvalue weighted by molar-refractivity contribution is 7.23. The van der Waals surface area contributed by atoms with Crippen molar-refractivity contribution in [1.29, 1.82) is 0 Å². The van der Waals surface area contributed by atoms with Gasteiger partial charge < -0.3 is 10.2 Å². The van der Waals surface area contributed by atoms with Gasteiger partial charge >= 0.3 is 0 Å². The molecule has 1 aliphatic heterocycles. The highest BCUT2D eigenvalue weighted by atomic mass is 32.1. The van der Waals surface area contributed by atoms with E-state index < -0.39 is 0 Å². The molecule has 3 aromatic rings. The molecule has 1 unspecified atom stereocenters. The Morgan fingerprint density at radius 1 is 1.00 bits per heavy atom. The molecular weight excluding hydrogens is 254 g/mol.